The van der Waals surface area contributed by atoms with Crippen LogP contribution in [0.1, 0.15) is 33.0 Å². The molecule has 3 N–H and O–H groups in total. The van der Waals surface area contributed by atoms with Gasteiger partial charge in [-0.3, -0.25) is 0 Å². The van der Waals surface area contributed by atoms with Gasteiger partial charge in [-0.25, -0.2) is 9.97 Å². The Hall–Kier alpha value is -2.30. The van der Waals surface area contributed by atoms with Gasteiger partial charge in [-0.05, 0) is 25.5 Å². The molecule has 0 bridgehead atoms. The van der Waals surface area contributed by atoms with E-state index in [-0.39, 0.29) is 6.10 Å². The number of nitrogens with one attached hydrogen (secondary N) is 1. The molecule has 0 saturated carbocycles. The first kappa shape index (κ1) is 15.1. The summed E-state index contributed by atoms with van der Waals surface area (Å²) in [5.41, 5.74) is 6.70. The van der Waals surface area contributed by atoms with Crippen molar-refractivity contribution in [2.45, 2.75) is 39.7 Å². The molecular formula is C16H22N4O. The van der Waals surface area contributed by atoms with Gasteiger partial charge in [-0.1, -0.05) is 19.9 Å². The second-order valence-corrected chi connectivity index (χ2v) is 4.94. The maximum absolute atomic E-state index is 5.81. The highest BCUT2D eigenvalue weighted by Crippen LogP contribution is 2.22. The smallest absolute Gasteiger partial charge is 0.136 e. The van der Waals surface area contributed by atoms with E-state index in [9.17, 15) is 0 Å². The number of hydrogen-bond acceptors (Lipinski definition) is 5. The molecule has 0 radical (unpaired) electrons. The van der Waals surface area contributed by atoms with Crippen LogP contribution in [0.15, 0.2) is 30.3 Å². The van der Waals surface area contributed by atoms with Crippen molar-refractivity contribution in [3.05, 3.63) is 36.2 Å². The van der Waals surface area contributed by atoms with E-state index in [0.29, 0.717) is 11.6 Å². The standard InChI is InChI=1S/C16H22N4O/c1-4-11(3)21-13-8-6-7-12(9-13)18-16-10-14(17)19-15(5-2)20-16/h6-11H,4-5H2,1-3H3,(H3,17,18,19,20). The monoisotopic (exact) mass is 286 g/mol. The van der Waals surface area contributed by atoms with Gasteiger partial charge in [0.05, 0.1) is 6.10 Å². The maximum atomic E-state index is 5.81. The van der Waals surface area contributed by atoms with E-state index >= 15 is 0 Å². The number of aryl methyl sites for hydroxylation is 1. The first-order valence-electron chi connectivity index (χ1n) is 7.28. The Labute approximate surface area is 125 Å². The van der Waals surface area contributed by atoms with Crippen LogP contribution in [0.2, 0.25) is 0 Å². The second kappa shape index (κ2) is 6.92. The van der Waals surface area contributed by atoms with Crippen LogP contribution in [-0.4, -0.2) is 16.1 Å². The summed E-state index contributed by atoms with van der Waals surface area (Å²) in [6.45, 7) is 6.15. The van der Waals surface area contributed by atoms with Crippen molar-refractivity contribution in [1.29, 1.82) is 0 Å². The van der Waals surface area contributed by atoms with E-state index in [1.807, 2.05) is 31.2 Å². The van der Waals surface area contributed by atoms with Crippen LogP contribution in [0.4, 0.5) is 17.3 Å². The molecule has 0 aliphatic heterocycles. The van der Waals surface area contributed by atoms with Crippen molar-refractivity contribution in [2.24, 2.45) is 0 Å². The molecule has 1 unspecified atom stereocenters. The molecule has 1 aromatic carbocycles. The fourth-order valence-electron chi connectivity index (χ4n) is 1.85. The SMILES string of the molecule is CCc1nc(N)cc(Nc2cccc(OC(C)CC)c2)n1. The number of nitrogens with two attached hydrogens (primary N) is 1. The Morgan fingerprint density at radius 3 is 2.76 bits per heavy atom. The lowest BCUT2D eigenvalue weighted by molar-refractivity contribution is 0.217. The average Bonchev–Trinajstić information content (AvgIpc) is 2.46. The molecule has 0 fully saturated rings. The normalized spacial score (nSPS) is 12.0. The summed E-state index contributed by atoms with van der Waals surface area (Å²) in [7, 11) is 0. The number of aromatic nitrogens is 2. The molecular weight excluding hydrogens is 264 g/mol. The fourth-order valence-corrected chi connectivity index (χ4v) is 1.85. The summed E-state index contributed by atoms with van der Waals surface area (Å²) < 4.78 is 5.81. The summed E-state index contributed by atoms with van der Waals surface area (Å²) >= 11 is 0. The average molecular weight is 286 g/mol. The minimum atomic E-state index is 0.196. The number of nitrogens with zero attached hydrogens (tertiary/aromatic N) is 2. The zero-order chi connectivity index (χ0) is 15.2. The first-order chi connectivity index (χ1) is 10.1. The Morgan fingerprint density at radius 1 is 1.24 bits per heavy atom. The highest BCUT2D eigenvalue weighted by atomic mass is 16.5. The van der Waals surface area contributed by atoms with E-state index in [1.165, 1.54) is 0 Å². The first-order valence-corrected chi connectivity index (χ1v) is 7.28. The lowest BCUT2D eigenvalue weighted by Gasteiger charge is -2.14. The number of ether oxygens (including phenoxy) is 1. The highest BCUT2D eigenvalue weighted by Gasteiger charge is 2.04. The predicted molar refractivity (Wildman–Crippen MR) is 85.9 cm³/mol. The lowest BCUT2D eigenvalue weighted by atomic mass is 10.2. The van der Waals surface area contributed by atoms with Crippen LogP contribution in [0.25, 0.3) is 0 Å². The molecule has 1 aromatic heterocycles. The molecule has 2 rings (SSSR count). The molecule has 5 nitrogen and oxygen atoms in total. The van der Waals surface area contributed by atoms with Gasteiger partial charge in [0, 0.05) is 24.2 Å². The van der Waals surface area contributed by atoms with Crippen LogP contribution >= 0.6 is 0 Å². The zero-order valence-corrected chi connectivity index (χ0v) is 12.8. The summed E-state index contributed by atoms with van der Waals surface area (Å²) in [4.78, 5) is 8.58. The van der Waals surface area contributed by atoms with E-state index < -0.39 is 0 Å². The fraction of sp³-hybridized carbons (Fsp3) is 0.375. The van der Waals surface area contributed by atoms with Crippen LogP contribution in [0, 0.1) is 0 Å². The third-order valence-electron chi connectivity index (χ3n) is 3.13. The van der Waals surface area contributed by atoms with Crippen LogP contribution in [0.5, 0.6) is 5.75 Å². The van der Waals surface area contributed by atoms with Crippen LogP contribution < -0.4 is 15.8 Å². The molecule has 0 saturated heterocycles. The molecule has 2 aromatic rings. The van der Waals surface area contributed by atoms with Crippen molar-refractivity contribution in [3.63, 3.8) is 0 Å². The third-order valence-corrected chi connectivity index (χ3v) is 3.13. The van der Waals surface area contributed by atoms with E-state index in [2.05, 4.69) is 29.1 Å². The maximum Gasteiger partial charge on any atom is 0.136 e. The number of benzene rings is 1. The van der Waals surface area contributed by atoms with Crippen LogP contribution in [-0.2, 0) is 6.42 Å². The minimum Gasteiger partial charge on any atom is -0.491 e. The second-order valence-electron chi connectivity index (χ2n) is 4.94. The van der Waals surface area contributed by atoms with Crippen molar-refractivity contribution in [3.8, 4) is 5.75 Å². The van der Waals surface area contributed by atoms with E-state index in [4.69, 9.17) is 10.5 Å². The highest BCUT2D eigenvalue weighted by molar-refractivity contribution is 5.60. The summed E-state index contributed by atoms with van der Waals surface area (Å²) in [6, 6.07) is 9.54. The van der Waals surface area contributed by atoms with Gasteiger partial charge in [0.2, 0.25) is 0 Å². The lowest BCUT2D eigenvalue weighted by Crippen LogP contribution is -2.09. The number of rotatable bonds is 6. The van der Waals surface area contributed by atoms with Crippen molar-refractivity contribution in [2.75, 3.05) is 11.1 Å². The molecule has 112 valence electrons. The van der Waals surface area contributed by atoms with Crippen molar-refractivity contribution < 1.29 is 4.74 Å². The molecule has 1 heterocycles. The molecule has 0 amide bonds. The van der Waals surface area contributed by atoms with Crippen molar-refractivity contribution in [1.82, 2.24) is 9.97 Å². The van der Waals surface area contributed by atoms with Gasteiger partial charge in [0.15, 0.2) is 0 Å². The Morgan fingerprint density at radius 2 is 2.05 bits per heavy atom. The van der Waals surface area contributed by atoms with Gasteiger partial charge in [0.1, 0.15) is 23.2 Å². The zero-order valence-electron chi connectivity index (χ0n) is 12.8. The van der Waals surface area contributed by atoms with Gasteiger partial charge >= 0.3 is 0 Å². The summed E-state index contributed by atoms with van der Waals surface area (Å²) in [5.74, 6) is 2.73. The van der Waals surface area contributed by atoms with E-state index in [1.54, 1.807) is 6.07 Å². The number of nitrogen functional groups attached to an aromatic ring is 1. The number of hydrogen-bond donors (Lipinski definition) is 2. The Kier molecular flexibility index (Phi) is 4.98. The topological polar surface area (TPSA) is 73.1 Å². The Balaban J connectivity index is 2.16. The summed E-state index contributed by atoms with van der Waals surface area (Å²) in [5, 5.41) is 3.24. The van der Waals surface area contributed by atoms with E-state index in [0.717, 1.165) is 30.1 Å². The van der Waals surface area contributed by atoms with Gasteiger partial charge < -0.3 is 15.8 Å². The van der Waals surface area contributed by atoms with Gasteiger partial charge in [-0.2, -0.15) is 0 Å². The van der Waals surface area contributed by atoms with Crippen molar-refractivity contribution >= 4 is 17.3 Å². The molecule has 0 spiro atoms. The number of anilines is 3. The summed E-state index contributed by atoms with van der Waals surface area (Å²) in [6.07, 6.45) is 1.92. The molecule has 21 heavy (non-hydrogen) atoms. The quantitative estimate of drug-likeness (QED) is 0.849. The molecule has 1 atom stereocenters. The Bertz CT molecular complexity index is 601. The molecule has 5 heteroatoms. The molecule has 0 aliphatic carbocycles. The minimum absolute atomic E-state index is 0.196. The molecule has 0 aliphatic rings. The van der Waals surface area contributed by atoms with Gasteiger partial charge in [0.25, 0.3) is 0 Å². The predicted octanol–water partition coefficient (Wildman–Crippen LogP) is 3.54. The van der Waals surface area contributed by atoms with Crippen LogP contribution in [0.3, 0.4) is 0 Å². The van der Waals surface area contributed by atoms with Gasteiger partial charge in [-0.15, -0.1) is 0 Å². The third kappa shape index (κ3) is 4.34. The largest absolute Gasteiger partial charge is 0.491 e.